The Morgan fingerprint density at radius 3 is 2.95 bits per heavy atom. The first kappa shape index (κ1) is 16.0. The standard InChI is InChI=1S/C12H19N3O5/c1-2-3-5-11(16)20-15-12(17)9-8-10(14-19-9)18-7-4-6-13/h8H,2-7,13H2,1H3,(H,15,17). The van der Waals surface area contributed by atoms with Crippen LogP contribution in [0.5, 0.6) is 5.88 Å². The van der Waals surface area contributed by atoms with Gasteiger partial charge in [0.25, 0.3) is 5.88 Å². The molecule has 3 N–H and O–H groups in total. The third-order valence-electron chi connectivity index (χ3n) is 2.30. The molecule has 20 heavy (non-hydrogen) atoms. The van der Waals surface area contributed by atoms with Gasteiger partial charge >= 0.3 is 11.9 Å². The molecule has 1 aromatic rings. The molecule has 1 amide bonds. The van der Waals surface area contributed by atoms with Crippen LogP contribution in [0.15, 0.2) is 10.6 Å². The lowest BCUT2D eigenvalue weighted by Crippen LogP contribution is -2.26. The van der Waals surface area contributed by atoms with E-state index >= 15 is 0 Å². The van der Waals surface area contributed by atoms with Crippen LogP contribution in [0, 0.1) is 0 Å². The number of hydrogen-bond acceptors (Lipinski definition) is 7. The van der Waals surface area contributed by atoms with Gasteiger partial charge in [0.05, 0.1) is 12.7 Å². The predicted octanol–water partition coefficient (Wildman–Crippen LogP) is 0.780. The summed E-state index contributed by atoms with van der Waals surface area (Å²) in [7, 11) is 0. The number of ether oxygens (including phenoxy) is 1. The van der Waals surface area contributed by atoms with Crippen molar-refractivity contribution in [2.75, 3.05) is 13.2 Å². The molecular weight excluding hydrogens is 266 g/mol. The van der Waals surface area contributed by atoms with Crippen LogP contribution in [0.2, 0.25) is 0 Å². The maximum absolute atomic E-state index is 11.6. The molecule has 0 aromatic carbocycles. The van der Waals surface area contributed by atoms with Crippen molar-refractivity contribution in [3.05, 3.63) is 11.8 Å². The minimum atomic E-state index is -0.698. The molecule has 0 unspecified atom stereocenters. The molecule has 0 atom stereocenters. The first-order valence-corrected chi connectivity index (χ1v) is 6.47. The fourth-order valence-corrected chi connectivity index (χ4v) is 1.22. The zero-order valence-electron chi connectivity index (χ0n) is 11.4. The van der Waals surface area contributed by atoms with Gasteiger partial charge in [-0.25, -0.2) is 4.79 Å². The van der Waals surface area contributed by atoms with Gasteiger partial charge in [-0.2, -0.15) is 5.48 Å². The third kappa shape index (κ3) is 5.70. The van der Waals surface area contributed by atoms with E-state index in [1.807, 2.05) is 12.4 Å². The van der Waals surface area contributed by atoms with Crippen LogP contribution < -0.4 is 16.0 Å². The number of hydroxylamine groups is 1. The molecule has 1 aromatic heterocycles. The highest BCUT2D eigenvalue weighted by atomic mass is 16.7. The van der Waals surface area contributed by atoms with E-state index in [2.05, 4.69) is 9.99 Å². The molecule has 0 bridgehead atoms. The van der Waals surface area contributed by atoms with Crippen molar-refractivity contribution in [2.45, 2.75) is 32.6 Å². The summed E-state index contributed by atoms with van der Waals surface area (Å²) in [4.78, 5) is 27.4. The van der Waals surface area contributed by atoms with Gasteiger partial charge in [-0.1, -0.05) is 13.3 Å². The number of amides is 1. The van der Waals surface area contributed by atoms with Crippen molar-refractivity contribution in [1.29, 1.82) is 0 Å². The van der Waals surface area contributed by atoms with Gasteiger partial charge in [-0.3, -0.25) is 4.79 Å². The largest absolute Gasteiger partial charge is 0.475 e. The molecule has 0 fully saturated rings. The number of hydrogen-bond donors (Lipinski definition) is 2. The molecule has 0 spiro atoms. The zero-order chi connectivity index (χ0) is 14.8. The van der Waals surface area contributed by atoms with Crippen LogP contribution in [0.4, 0.5) is 0 Å². The summed E-state index contributed by atoms with van der Waals surface area (Å²) in [5.41, 5.74) is 7.30. The Bertz CT molecular complexity index is 432. The summed E-state index contributed by atoms with van der Waals surface area (Å²) in [6, 6.07) is 1.31. The number of nitrogens with one attached hydrogen (secondary N) is 1. The maximum Gasteiger partial charge on any atom is 0.332 e. The number of rotatable bonds is 8. The van der Waals surface area contributed by atoms with Crippen molar-refractivity contribution in [3.63, 3.8) is 0 Å². The predicted molar refractivity (Wildman–Crippen MR) is 68.8 cm³/mol. The highest BCUT2D eigenvalue weighted by Gasteiger charge is 2.15. The van der Waals surface area contributed by atoms with E-state index in [1.54, 1.807) is 0 Å². The van der Waals surface area contributed by atoms with E-state index in [4.69, 9.17) is 15.0 Å². The molecule has 0 saturated carbocycles. The second kappa shape index (κ2) is 8.92. The Morgan fingerprint density at radius 2 is 2.25 bits per heavy atom. The Labute approximate surface area is 116 Å². The van der Waals surface area contributed by atoms with Gasteiger partial charge in [-0.15, -0.1) is 0 Å². The number of carbonyl (C=O) groups excluding carboxylic acids is 2. The van der Waals surface area contributed by atoms with Crippen LogP contribution >= 0.6 is 0 Å². The Balaban J connectivity index is 2.34. The Kier molecular flexibility index (Phi) is 7.12. The van der Waals surface area contributed by atoms with E-state index < -0.39 is 11.9 Å². The first-order chi connectivity index (χ1) is 9.67. The number of aromatic nitrogens is 1. The molecule has 0 saturated heterocycles. The number of carbonyl (C=O) groups is 2. The average molecular weight is 285 g/mol. The van der Waals surface area contributed by atoms with Gasteiger partial charge in [0.15, 0.2) is 0 Å². The van der Waals surface area contributed by atoms with E-state index in [9.17, 15) is 9.59 Å². The summed E-state index contributed by atoms with van der Waals surface area (Å²) in [6.07, 6.45) is 2.49. The van der Waals surface area contributed by atoms with Gasteiger partial charge in [0.1, 0.15) is 0 Å². The van der Waals surface area contributed by atoms with Crippen LogP contribution in [0.1, 0.15) is 43.2 Å². The summed E-state index contributed by atoms with van der Waals surface area (Å²) in [5.74, 6) is -1.12. The molecule has 0 aliphatic carbocycles. The lowest BCUT2D eigenvalue weighted by molar-refractivity contribution is -0.149. The summed E-state index contributed by atoms with van der Waals surface area (Å²) in [5, 5.41) is 3.55. The van der Waals surface area contributed by atoms with Crippen molar-refractivity contribution in [2.24, 2.45) is 5.73 Å². The van der Waals surface area contributed by atoms with E-state index in [0.29, 0.717) is 26.0 Å². The Morgan fingerprint density at radius 1 is 1.45 bits per heavy atom. The van der Waals surface area contributed by atoms with Gasteiger partial charge in [-0.05, 0) is 24.5 Å². The zero-order valence-corrected chi connectivity index (χ0v) is 11.4. The third-order valence-corrected chi connectivity index (χ3v) is 2.30. The molecular formula is C12H19N3O5. The lowest BCUT2D eigenvalue weighted by atomic mass is 10.3. The summed E-state index contributed by atoms with van der Waals surface area (Å²) < 4.78 is 9.94. The van der Waals surface area contributed by atoms with Gasteiger partial charge < -0.3 is 19.8 Å². The molecule has 1 heterocycles. The summed E-state index contributed by atoms with van der Waals surface area (Å²) >= 11 is 0. The fraction of sp³-hybridized carbons (Fsp3) is 0.583. The SMILES string of the molecule is CCCCC(=O)ONC(=O)c1cc(OCCCN)no1. The van der Waals surface area contributed by atoms with Crippen LogP contribution in [0.25, 0.3) is 0 Å². The molecule has 8 heteroatoms. The molecule has 0 radical (unpaired) electrons. The molecule has 8 nitrogen and oxygen atoms in total. The number of unbranched alkanes of at least 4 members (excludes halogenated alkanes) is 1. The van der Waals surface area contributed by atoms with E-state index in [-0.39, 0.29) is 18.1 Å². The van der Waals surface area contributed by atoms with Crippen molar-refractivity contribution >= 4 is 11.9 Å². The maximum atomic E-state index is 11.6. The average Bonchev–Trinajstić information content (AvgIpc) is 2.91. The number of nitrogens with two attached hydrogens (primary N) is 1. The lowest BCUT2D eigenvalue weighted by Gasteiger charge is -2.02. The van der Waals surface area contributed by atoms with Gasteiger partial charge in [0.2, 0.25) is 5.76 Å². The second-order valence-corrected chi connectivity index (χ2v) is 4.03. The van der Waals surface area contributed by atoms with E-state index in [1.165, 1.54) is 6.07 Å². The van der Waals surface area contributed by atoms with Crippen LogP contribution in [-0.4, -0.2) is 30.2 Å². The highest BCUT2D eigenvalue weighted by Crippen LogP contribution is 2.11. The summed E-state index contributed by atoms with van der Waals surface area (Å²) in [6.45, 7) is 2.83. The van der Waals surface area contributed by atoms with Crippen LogP contribution in [-0.2, 0) is 9.63 Å². The van der Waals surface area contributed by atoms with Crippen molar-refractivity contribution in [3.8, 4) is 5.88 Å². The Hall–Kier alpha value is -2.09. The van der Waals surface area contributed by atoms with Crippen molar-refractivity contribution in [1.82, 2.24) is 10.6 Å². The monoisotopic (exact) mass is 285 g/mol. The normalized spacial score (nSPS) is 10.1. The number of nitrogens with zero attached hydrogens (tertiary/aromatic N) is 1. The minimum Gasteiger partial charge on any atom is -0.475 e. The topological polar surface area (TPSA) is 117 Å². The van der Waals surface area contributed by atoms with Crippen LogP contribution in [0.3, 0.4) is 0 Å². The second-order valence-electron chi connectivity index (χ2n) is 4.03. The minimum absolute atomic E-state index is 0.101. The van der Waals surface area contributed by atoms with E-state index in [0.717, 1.165) is 6.42 Å². The molecule has 0 aliphatic rings. The first-order valence-electron chi connectivity index (χ1n) is 6.47. The highest BCUT2D eigenvalue weighted by molar-refractivity contribution is 5.91. The quantitative estimate of drug-likeness (QED) is 0.535. The smallest absolute Gasteiger partial charge is 0.332 e. The van der Waals surface area contributed by atoms with Gasteiger partial charge in [0, 0.05) is 6.42 Å². The molecule has 0 aliphatic heterocycles. The van der Waals surface area contributed by atoms with Crippen molar-refractivity contribution < 1.29 is 23.7 Å². The molecule has 1 rings (SSSR count). The molecule has 112 valence electrons. The fourth-order valence-electron chi connectivity index (χ4n) is 1.22.